The second-order valence-corrected chi connectivity index (χ2v) is 5.06. The molecule has 1 aliphatic heterocycles. The van der Waals surface area contributed by atoms with Crippen molar-refractivity contribution in [3.63, 3.8) is 0 Å². The van der Waals surface area contributed by atoms with Gasteiger partial charge in [-0.25, -0.2) is 9.79 Å². The molecule has 6 heteroatoms. The average molecular weight is 308 g/mol. The molecule has 0 radical (unpaired) electrons. The van der Waals surface area contributed by atoms with Crippen molar-refractivity contribution in [3.05, 3.63) is 81.0 Å². The summed E-state index contributed by atoms with van der Waals surface area (Å²) in [6.07, 6.45) is 1.47. The van der Waals surface area contributed by atoms with Crippen molar-refractivity contribution in [2.75, 3.05) is 0 Å². The summed E-state index contributed by atoms with van der Waals surface area (Å²) in [5, 5.41) is 10.8. The zero-order valence-electron chi connectivity index (χ0n) is 12.2. The number of nitro benzene ring substituents is 1. The van der Waals surface area contributed by atoms with E-state index in [1.54, 1.807) is 18.2 Å². The number of ether oxygens (including phenoxy) is 1. The summed E-state index contributed by atoms with van der Waals surface area (Å²) in [6.45, 7) is 1.93. The second kappa shape index (κ2) is 5.84. The maximum Gasteiger partial charge on any atom is 0.363 e. The summed E-state index contributed by atoms with van der Waals surface area (Å²) in [4.78, 5) is 26.4. The number of nitrogens with zero attached hydrogens (tertiary/aromatic N) is 2. The summed E-state index contributed by atoms with van der Waals surface area (Å²) in [7, 11) is 0. The van der Waals surface area contributed by atoms with Crippen molar-refractivity contribution in [3.8, 4) is 0 Å². The first-order chi connectivity index (χ1) is 11.0. The van der Waals surface area contributed by atoms with Gasteiger partial charge in [0.25, 0.3) is 5.69 Å². The standard InChI is InChI=1S/C17H12N2O4/c1-11-4-2-6-13(8-11)16-18-15(17(20)23-16)10-12-5-3-7-14(9-12)19(21)22/h2-10H,1H3/b15-10-. The molecule has 0 spiro atoms. The van der Waals surface area contributed by atoms with E-state index in [9.17, 15) is 14.9 Å². The molecule has 23 heavy (non-hydrogen) atoms. The predicted molar refractivity (Wildman–Crippen MR) is 84.9 cm³/mol. The highest BCUT2D eigenvalue weighted by atomic mass is 16.6. The van der Waals surface area contributed by atoms with Crippen LogP contribution in [-0.4, -0.2) is 16.8 Å². The number of non-ortho nitro benzene ring substituents is 1. The highest BCUT2D eigenvalue weighted by Gasteiger charge is 2.24. The molecule has 1 aliphatic rings. The van der Waals surface area contributed by atoms with Crippen molar-refractivity contribution in [1.82, 2.24) is 0 Å². The number of nitro groups is 1. The third-order valence-electron chi connectivity index (χ3n) is 3.27. The highest BCUT2D eigenvalue weighted by Crippen LogP contribution is 2.21. The molecule has 0 amide bonds. The van der Waals surface area contributed by atoms with Gasteiger partial charge in [0.2, 0.25) is 5.90 Å². The Morgan fingerprint density at radius 2 is 1.96 bits per heavy atom. The number of hydrogen-bond acceptors (Lipinski definition) is 5. The number of carbonyl (C=O) groups is 1. The van der Waals surface area contributed by atoms with E-state index < -0.39 is 10.9 Å². The minimum absolute atomic E-state index is 0.0476. The van der Waals surface area contributed by atoms with E-state index in [1.165, 1.54) is 18.2 Å². The largest absolute Gasteiger partial charge is 0.402 e. The van der Waals surface area contributed by atoms with Gasteiger partial charge in [0.1, 0.15) is 0 Å². The topological polar surface area (TPSA) is 81.8 Å². The summed E-state index contributed by atoms with van der Waals surface area (Å²) in [5.41, 5.74) is 2.31. The molecule has 0 saturated carbocycles. The summed E-state index contributed by atoms with van der Waals surface area (Å²) >= 11 is 0. The normalized spacial score (nSPS) is 15.4. The van der Waals surface area contributed by atoms with Crippen LogP contribution in [0.4, 0.5) is 5.69 Å². The molecule has 114 valence electrons. The molecule has 2 aromatic carbocycles. The van der Waals surface area contributed by atoms with E-state index in [4.69, 9.17) is 4.74 Å². The average Bonchev–Trinajstić information content (AvgIpc) is 2.89. The minimum atomic E-state index is -0.576. The van der Waals surface area contributed by atoms with Gasteiger partial charge in [-0.15, -0.1) is 0 Å². The number of aryl methyl sites for hydroxylation is 1. The van der Waals surface area contributed by atoms with E-state index in [0.717, 1.165) is 5.56 Å². The van der Waals surface area contributed by atoms with Crippen LogP contribution in [-0.2, 0) is 9.53 Å². The van der Waals surface area contributed by atoms with Crippen LogP contribution >= 0.6 is 0 Å². The van der Waals surface area contributed by atoms with Gasteiger partial charge in [-0.3, -0.25) is 10.1 Å². The van der Waals surface area contributed by atoms with Gasteiger partial charge < -0.3 is 4.74 Å². The van der Waals surface area contributed by atoms with Crippen molar-refractivity contribution < 1.29 is 14.5 Å². The molecular weight excluding hydrogens is 296 g/mol. The van der Waals surface area contributed by atoms with E-state index in [-0.39, 0.29) is 17.3 Å². The Morgan fingerprint density at radius 3 is 2.70 bits per heavy atom. The number of carbonyl (C=O) groups excluding carboxylic acids is 1. The van der Waals surface area contributed by atoms with Crippen LogP contribution in [0.3, 0.4) is 0 Å². The molecule has 0 aromatic heterocycles. The number of benzene rings is 2. The van der Waals surface area contributed by atoms with E-state index in [2.05, 4.69) is 4.99 Å². The van der Waals surface area contributed by atoms with Gasteiger partial charge in [-0.1, -0.05) is 29.8 Å². The fourth-order valence-electron chi connectivity index (χ4n) is 2.20. The van der Waals surface area contributed by atoms with Gasteiger partial charge in [0.15, 0.2) is 5.70 Å². The Bertz CT molecular complexity index is 868. The molecule has 0 saturated heterocycles. The van der Waals surface area contributed by atoms with Crippen LogP contribution in [0.15, 0.2) is 59.2 Å². The van der Waals surface area contributed by atoms with E-state index in [1.807, 2.05) is 25.1 Å². The van der Waals surface area contributed by atoms with Gasteiger partial charge >= 0.3 is 5.97 Å². The second-order valence-electron chi connectivity index (χ2n) is 5.06. The van der Waals surface area contributed by atoms with Crippen LogP contribution in [0.5, 0.6) is 0 Å². The Hall–Kier alpha value is -3.28. The van der Waals surface area contributed by atoms with Gasteiger partial charge in [-0.05, 0) is 30.7 Å². The Labute approximate surface area is 131 Å². The Kier molecular flexibility index (Phi) is 3.72. The van der Waals surface area contributed by atoms with Gasteiger partial charge in [-0.2, -0.15) is 0 Å². The van der Waals surface area contributed by atoms with Crippen LogP contribution in [0, 0.1) is 17.0 Å². The zero-order valence-corrected chi connectivity index (χ0v) is 12.2. The third kappa shape index (κ3) is 3.16. The van der Waals surface area contributed by atoms with Gasteiger partial charge in [0.05, 0.1) is 4.92 Å². The quantitative estimate of drug-likeness (QED) is 0.377. The first kappa shape index (κ1) is 14.6. The first-order valence-corrected chi connectivity index (χ1v) is 6.87. The monoisotopic (exact) mass is 308 g/mol. The molecule has 2 aromatic rings. The molecule has 3 rings (SSSR count). The molecule has 0 bridgehead atoms. The lowest BCUT2D eigenvalue weighted by molar-refractivity contribution is -0.384. The van der Waals surface area contributed by atoms with Crippen LogP contribution in [0.25, 0.3) is 6.08 Å². The highest BCUT2D eigenvalue weighted by molar-refractivity contribution is 6.12. The van der Waals surface area contributed by atoms with E-state index in [0.29, 0.717) is 11.1 Å². The Morgan fingerprint density at radius 1 is 1.17 bits per heavy atom. The summed E-state index contributed by atoms with van der Waals surface area (Å²) in [6, 6.07) is 13.4. The smallest absolute Gasteiger partial charge is 0.363 e. The van der Waals surface area contributed by atoms with Crippen molar-refractivity contribution in [2.45, 2.75) is 6.92 Å². The van der Waals surface area contributed by atoms with Crippen molar-refractivity contribution in [1.29, 1.82) is 0 Å². The van der Waals surface area contributed by atoms with Crippen LogP contribution in [0.2, 0.25) is 0 Å². The SMILES string of the molecule is Cc1cccc(C2=N/C(=C\c3cccc([N+](=O)[O-])c3)C(=O)O2)c1. The van der Waals surface area contributed by atoms with Gasteiger partial charge in [0, 0.05) is 17.7 Å². The Balaban J connectivity index is 1.95. The van der Waals surface area contributed by atoms with Crippen molar-refractivity contribution >= 4 is 23.6 Å². The fourth-order valence-corrected chi connectivity index (χ4v) is 2.20. The number of hydrogen-bond donors (Lipinski definition) is 0. The summed E-state index contributed by atoms with van der Waals surface area (Å²) < 4.78 is 5.17. The fraction of sp³-hybridized carbons (Fsp3) is 0.0588. The molecule has 6 nitrogen and oxygen atoms in total. The maximum absolute atomic E-state index is 11.9. The molecule has 1 heterocycles. The van der Waals surface area contributed by atoms with Crippen molar-refractivity contribution in [2.24, 2.45) is 4.99 Å². The molecule has 0 aliphatic carbocycles. The number of aliphatic imine (C=N–C) groups is 1. The number of esters is 1. The predicted octanol–water partition coefficient (Wildman–Crippen LogP) is 3.25. The minimum Gasteiger partial charge on any atom is -0.402 e. The lowest BCUT2D eigenvalue weighted by Crippen LogP contribution is -2.05. The third-order valence-corrected chi connectivity index (χ3v) is 3.27. The molecule has 0 unspecified atom stereocenters. The van der Waals surface area contributed by atoms with Crippen LogP contribution in [0.1, 0.15) is 16.7 Å². The molecule has 0 N–H and O–H groups in total. The summed E-state index contributed by atoms with van der Waals surface area (Å²) in [5.74, 6) is -0.344. The number of cyclic esters (lactones) is 1. The van der Waals surface area contributed by atoms with Crippen LogP contribution < -0.4 is 0 Å². The lowest BCUT2D eigenvalue weighted by Gasteiger charge is -1.99. The molecule has 0 fully saturated rings. The number of rotatable bonds is 3. The van der Waals surface area contributed by atoms with E-state index >= 15 is 0 Å². The maximum atomic E-state index is 11.9. The molecule has 0 atom stereocenters. The first-order valence-electron chi connectivity index (χ1n) is 6.87. The zero-order chi connectivity index (χ0) is 16.4. The lowest BCUT2D eigenvalue weighted by atomic mass is 10.1. The molecular formula is C17H12N2O4.